The molecule has 1 N–H and O–H groups in total. The van der Waals surface area contributed by atoms with Crippen molar-refractivity contribution < 1.29 is 20.3 Å². The highest BCUT2D eigenvalue weighted by Gasteiger charge is 2.10. The van der Waals surface area contributed by atoms with E-state index in [9.17, 15) is 14.9 Å². The fourth-order valence-electron chi connectivity index (χ4n) is 2.84. The van der Waals surface area contributed by atoms with Crippen LogP contribution in [0.3, 0.4) is 0 Å². The van der Waals surface area contributed by atoms with E-state index in [2.05, 4.69) is 5.32 Å². The minimum absolute atomic E-state index is 0. The molecule has 1 aromatic heterocycles. The normalized spacial score (nSPS) is 10.8. The SMILES string of the molecule is O=C(COc1ccc2oc3ccccc3c2c1)Nc1cccc([N+](=O)[O-])c1.[HH]. The number of hydrogen-bond acceptors (Lipinski definition) is 5. The molecule has 0 aliphatic rings. The molecular weight excluding hydrogens is 348 g/mol. The predicted molar refractivity (Wildman–Crippen MR) is 103 cm³/mol. The number of fused-ring (bicyclic) bond motifs is 3. The van der Waals surface area contributed by atoms with Gasteiger partial charge in [0.1, 0.15) is 16.9 Å². The Kier molecular flexibility index (Phi) is 4.18. The number of carbonyl (C=O) groups excluding carboxylic acids is 1. The second-order valence-electron chi connectivity index (χ2n) is 5.90. The van der Waals surface area contributed by atoms with Crippen molar-refractivity contribution in [2.45, 2.75) is 0 Å². The Hall–Kier alpha value is -3.87. The molecule has 0 fully saturated rings. The van der Waals surface area contributed by atoms with Gasteiger partial charge in [-0.05, 0) is 30.3 Å². The van der Waals surface area contributed by atoms with Crippen LogP contribution in [0.25, 0.3) is 21.9 Å². The van der Waals surface area contributed by atoms with E-state index < -0.39 is 10.8 Å². The van der Waals surface area contributed by atoms with E-state index in [1.54, 1.807) is 18.2 Å². The molecule has 0 aliphatic heterocycles. The summed E-state index contributed by atoms with van der Waals surface area (Å²) in [5.41, 5.74) is 1.78. The number of nitrogens with zero attached hydrogens (tertiary/aromatic N) is 1. The lowest BCUT2D eigenvalue weighted by Gasteiger charge is -2.07. The van der Waals surface area contributed by atoms with Gasteiger partial charge < -0.3 is 14.5 Å². The summed E-state index contributed by atoms with van der Waals surface area (Å²) in [5.74, 6) is 0.121. The van der Waals surface area contributed by atoms with Gasteiger partial charge in [0.2, 0.25) is 0 Å². The van der Waals surface area contributed by atoms with Crippen molar-refractivity contribution in [2.75, 3.05) is 11.9 Å². The fraction of sp³-hybridized carbons (Fsp3) is 0.0500. The van der Waals surface area contributed by atoms with E-state index >= 15 is 0 Å². The van der Waals surface area contributed by atoms with Crippen LogP contribution in [0.5, 0.6) is 5.75 Å². The highest BCUT2D eigenvalue weighted by atomic mass is 16.6. The quantitative estimate of drug-likeness (QED) is 0.407. The maximum absolute atomic E-state index is 12.1. The Labute approximate surface area is 154 Å². The third kappa shape index (κ3) is 3.43. The molecule has 27 heavy (non-hydrogen) atoms. The number of amides is 1. The number of hydrogen-bond donors (Lipinski definition) is 1. The van der Waals surface area contributed by atoms with Gasteiger partial charge in [-0.15, -0.1) is 0 Å². The second-order valence-corrected chi connectivity index (χ2v) is 5.90. The van der Waals surface area contributed by atoms with Crippen LogP contribution in [0.1, 0.15) is 1.43 Å². The average Bonchev–Trinajstić information content (AvgIpc) is 3.04. The van der Waals surface area contributed by atoms with Crippen LogP contribution in [0.2, 0.25) is 0 Å². The molecule has 0 spiro atoms. The van der Waals surface area contributed by atoms with Gasteiger partial charge in [-0.1, -0.05) is 24.3 Å². The number of nitro groups is 1. The summed E-state index contributed by atoms with van der Waals surface area (Å²) in [6.45, 7) is -0.218. The number of rotatable bonds is 5. The van der Waals surface area contributed by atoms with Crippen LogP contribution in [0.4, 0.5) is 11.4 Å². The highest BCUT2D eigenvalue weighted by Crippen LogP contribution is 2.31. The smallest absolute Gasteiger partial charge is 0.271 e. The molecule has 0 bridgehead atoms. The van der Waals surface area contributed by atoms with Gasteiger partial charge in [0.25, 0.3) is 11.6 Å². The van der Waals surface area contributed by atoms with Crippen molar-refractivity contribution in [3.8, 4) is 5.75 Å². The molecule has 3 aromatic carbocycles. The zero-order valence-corrected chi connectivity index (χ0v) is 14.0. The molecule has 0 unspecified atom stereocenters. The number of benzene rings is 3. The maximum Gasteiger partial charge on any atom is 0.271 e. The Morgan fingerprint density at radius 3 is 2.70 bits per heavy atom. The molecule has 0 saturated heterocycles. The van der Waals surface area contributed by atoms with Gasteiger partial charge in [-0.3, -0.25) is 14.9 Å². The van der Waals surface area contributed by atoms with E-state index in [4.69, 9.17) is 9.15 Å². The third-order valence-corrected chi connectivity index (χ3v) is 4.06. The fourth-order valence-corrected chi connectivity index (χ4v) is 2.84. The van der Waals surface area contributed by atoms with Crippen molar-refractivity contribution in [1.29, 1.82) is 0 Å². The lowest BCUT2D eigenvalue weighted by Crippen LogP contribution is -2.20. The summed E-state index contributed by atoms with van der Waals surface area (Å²) in [7, 11) is 0. The molecule has 0 aliphatic carbocycles. The number of furan rings is 1. The van der Waals surface area contributed by atoms with Gasteiger partial charge in [-0.2, -0.15) is 0 Å². The van der Waals surface area contributed by atoms with Crippen molar-refractivity contribution in [3.63, 3.8) is 0 Å². The highest BCUT2D eigenvalue weighted by molar-refractivity contribution is 6.05. The summed E-state index contributed by atoms with van der Waals surface area (Å²) in [4.78, 5) is 22.3. The molecule has 7 nitrogen and oxygen atoms in total. The molecule has 0 atom stereocenters. The number of ether oxygens (including phenoxy) is 1. The van der Waals surface area contributed by atoms with Crippen LogP contribution in [-0.4, -0.2) is 17.4 Å². The first-order valence-corrected chi connectivity index (χ1v) is 8.18. The molecule has 1 amide bonds. The number of anilines is 1. The van der Waals surface area contributed by atoms with E-state index in [1.165, 1.54) is 18.2 Å². The molecule has 4 aromatic rings. The first-order chi connectivity index (χ1) is 13.1. The monoisotopic (exact) mass is 364 g/mol. The molecule has 1 heterocycles. The van der Waals surface area contributed by atoms with E-state index in [0.717, 1.165) is 21.9 Å². The zero-order chi connectivity index (χ0) is 18.8. The van der Waals surface area contributed by atoms with Crippen LogP contribution in [-0.2, 0) is 4.79 Å². The summed E-state index contributed by atoms with van der Waals surface area (Å²) < 4.78 is 11.3. The number of carbonyl (C=O) groups is 1. The number of non-ortho nitro benzene ring substituents is 1. The van der Waals surface area contributed by atoms with Crippen LogP contribution < -0.4 is 10.1 Å². The minimum atomic E-state index is -0.517. The third-order valence-electron chi connectivity index (χ3n) is 4.06. The van der Waals surface area contributed by atoms with Gasteiger partial charge >= 0.3 is 0 Å². The van der Waals surface area contributed by atoms with Crippen molar-refractivity contribution in [2.24, 2.45) is 0 Å². The number of nitrogens with one attached hydrogen (secondary N) is 1. The van der Waals surface area contributed by atoms with Crippen LogP contribution in [0, 0.1) is 10.1 Å². The lowest BCUT2D eigenvalue weighted by molar-refractivity contribution is -0.384. The van der Waals surface area contributed by atoms with E-state index in [-0.39, 0.29) is 13.7 Å². The minimum Gasteiger partial charge on any atom is -0.484 e. The van der Waals surface area contributed by atoms with Gasteiger partial charge in [-0.25, -0.2) is 0 Å². The second kappa shape index (κ2) is 6.80. The van der Waals surface area contributed by atoms with Gasteiger partial charge in [0, 0.05) is 30.0 Å². The van der Waals surface area contributed by atoms with Gasteiger partial charge in [0.15, 0.2) is 6.61 Å². The topological polar surface area (TPSA) is 94.6 Å². The number of para-hydroxylation sites is 1. The number of nitro benzene ring substituents is 1. The molecule has 7 heteroatoms. The zero-order valence-electron chi connectivity index (χ0n) is 14.0. The standard InChI is InChI=1S/C20H14N2O5.H2/c23-20(21-13-4-3-5-14(10-13)22(24)25)12-26-15-8-9-19-17(11-15)16-6-1-2-7-18(16)27-19;/h1-11H,12H2,(H,21,23);1H. The maximum atomic E-state index is 12.1. The molecule has 0 saturated carbocycles. The Morgan fingerprint density at radius 2 is 1.85 bits per heavy atom. The largest absolute Gasteiger partial charge is 0.484 e. The summed E-state index contributed by atoms with van der Waals surface area (Å²) in [6.07, 6.45) is 0. The predicted octanol–water partition coefficient (Wildman–Crippen LogP) is 4.76. The Balaban J connectivity index is 0.00000225. The molecule has 0 radical (unpaired) electrons. The summed E-state index contributed by atoms with van der Waals surface area (Å²) in [5, 5.41) is 15.2. The Bertz CT molecular complexity index is 1170. The van der Waals surface area contributed by atoms with E-state index in [1.807, 2.05) is 30.3 Å². The first kappa shape index (κ1) is 16.6. The summed E-state index contributed by atoms with van der Waals surface area (Å²) in [6, 6.07) is 18.8. The lowest BCUT2D eigenvalue weighted by atomic mass is 10.1. The van der Waals surface area contributed by atoms with Crippen molar-refractivity contribution in [1.82, 2.24) is 0 Å². The van der Waals surface area contributed by atoms with Gasteiger partial charge in [0.05, 0.1) is 4.92 Å². The van der Waals surface area contributed by atoms with Crippen molar-refractivity contribution >= 4 is 39.2 Å². The molecule has 136 valence electrons. The van der Waals surface area contributed by atoms with Crippen LogP contribution >= 0.6 is 0 Å². The molecule has 4 rings (SSSR count). The van der Waals surface area contributed by atoms with E-state index in [0.29, 0.717) is 11.4 Å². The first-order valence-electron chi connectivity index (χ1n) is 8.18. The average molecular weight is 364 g/mol. The van der Waals surface area contributed by atoms with Crippen LogP contribution in [0.15, 0.2) is 71.1 Å². The van der Waals surface area contributed by atoms with Crippen molar-refractivity contribution in [3.05, 3.63) is 76.8 Å². The molecular formula is C20H16N2O5. The Morgan fingerprint density at radius 1 is 1.04 bits per heavy atom. The summed E-state index contributed by atoms with van der Waals surface area (Å²) >= 11 is 0.